The third-order valence-electron chi connectivity index (χ3n) is 11.1. The lowest BCUT2D eigenvalue weighted by Crippen LogP contribution is -2.65. The number of rotatable bonds is 6. The van der Waals surface area contributed by atoms with Crippen molar-refractivity contribution in [2.24, 2.45) is 0 Å². The van der Waals surface area contributed by atoms with Crippen molar-refractivity contribution in [1.82, 2.24) is 9.13 Å². The Morgan fingerprint density at radius 3 is 1.40 bits per heavy atom. The zero-order chi connectivity index (χ0) is 34.6. The lowest BCUT2D eigenvalue weighted by atomic mass is 10.0. The molecule has 0 aliphatic carbocycles. The maximum absolute atomic E-state index is 2.50. The van der Waals surface area contributed by atoms with E-state index in [1.807, 2.05) is 0 Å². The van der Waals surface area contributed by atoms with Crippen LogP contribution >= 0.6 is 0 Å². The van der Waals surface area contributed by atoms with E-state index in [4.69, 9.17) is 0 Å². The zero-order valence-electron chi connectivity index (χ0n) is 28.9. The molecular formula is C49H36N2Si. The molecule has 2 heterocycles. The molecular weight excluding hydrogens is 645 g/mol. The lowest BCUT2D eigenvalue weighted by Gasteiger charge is -2.31. The highest BCUT2D eigenvalue weighted by molar-refractivity contribution is 7.11. The van der Waals surface area contributed by atoms with Gasteiger partial charge in [0.15, 0.2) is 0 Å². The van der Waals surface area contributed by atoms with Gasteiger partial charge in [0.05, 0.1) is 22.1 Å². The number of para-hydroxylation sites is 3. The number of hydrogen-bond acceptors (Lipinski definition) is 0. The summed E-state index contributed by atoms with van der Waals surface area (Å²) in [5.74, 6) is 0. The summed E-state index contributed by atoms with van der Waals surface area (Å²) in [5.41, 5.74) is 9.69. The molecule has 10 rings (SSSR count). The highest BCUT2D eigenvalue weighted by Gasteiger charge is 2.36. The van der Waals surface area contributed by atoms with E-state index >= 15 is 0 Å². The second kappa shape index (κ2) is 12.1. The molecule has 246 valence electrons. The molecule has 2 nitrogen and oxygen atoms in total. The van der Waals surface area contributed by atoms with Crippen LogP contribution in [-0.2, 0) is 0 Å². The Morgan fingerprint density at radius 1 is 0.346 bits per heavy atom. The monoisotopic (exact) mass is 680 g/mol. The second-order valence-electron chi connectivity index (χ2n) is 13.9. The van der Waals surface area contributed by atoms with Gasteiger partial charge >= 0.3 is 0 Å². The van der Waals surface area contributed by atoms with Crippen LogP contribution in [0.2, 0.25) is 6.55 Å². The fourth-order valence-electron chi connectivity index (χ4n) is 8.58. The molecule has 0 saturated carbocycles. The number of aromatic nitrogens is 2. The number of nitrogens with zero attached hydrogens (tertiary/aromatic N) is 2. The second-order valence-corrected chi connectivity index (χ2v) is 17.8. The van der Waals surface area contributed by atoms with Gasteiger partial charge in [-0.05, 0) is 75.2 Å². The standard InChI is InChI=1S/C49H36N2Si/c1-52(38-19-4-2-5-20-38,39-21-6-3-7-22-39)49-30-15-11-23-40(49)35-17-16-18-36(33-35)50-47-29-14-10-26-43(47)44-34-37(31-32-48(44)50)51-45-27-12-8-24-41(45)42-25-9-13-28-46(42)51/h2-34H,1H3. The normalized spacial score (nSPS) is 11.9. The third kappa shape index (κ3) is 4.63. The van der Waals surface area contributed by atoms with Gasteiger partial charge in [-0.1, -0.05) is 158 Å². The fraction of sp³-hybridized carbons (Fsp3) is 0.0204. The van der Waals surface area contributed by atoms with Crippen LogP contribution < -0.4 is 15.6 Å². The van der Waals surface area contributed by atoms with Crippen molar-refractivity contribution in [3.05, 3.63) is 200 Å². The van der Waals surface area contributed by atoms with Crippen LogP contribution in [0.5, 0.6) is 0 Å². The molecule has 0 bridgehead atoms. The lowest BCUT2D eigenvalue weighted by molar-refractivity contribution is 1.17. The van der Waals surface area contributed by atoms with Crippen molar-refractivity contribution in [2.45, 2.75) is 6.55 Å². The predicted molar refractivity (Wildman–Crippen MR) is 224 cm³/mol. The van der Waals surface area contributed by atoms with E-state index in [-0.39, 0.29) is 0 Å². The predicted octanol–water partition coefficient (Wildman–Crippen LogP) is 10.6. The van der Waals surface area contributed by atoms with Crippen molar-refractivity contribution < 1.29 is 0 Å². The summed E-state index contributed by atoms with van der Waals surface area (Å²) >= 11 is 0. The summed E-state index contributed by atoms with van der Waals surface area (Å²) in [6, 6.07) is 73.7. The smallest absolute Gasteiger partial charge is 0.146 e. The molecule has 0 aliphatic heterocycles. The van der Waals surface area contributed by atoms with Crippen LogP contribution in [0, 0.1) is 0 Å². The Labute approximate surface area is 304 Å². The summed E-state index contributed by atoms with van der Waals surface area (Å²) in [6.45, 7) is 2.50. The van der Waals surface area contributed by atoms with Crippen molar-refractivity contribution in [1.29, 1.82) is 0 Å². The molecule has 3 heteroatoms. The number of hydrogen-bond donors (Lipinski definition) is 0. The van der Waals surface area contributed by atoms with Gasteiger partial charge in [-0.15, -0.1) is 0 Å². The summed E-state index contributed by atoms with van der Waals surface area (Å²) in [5, 5.41) is 9.28. The molecule has 0 amide bonds. The summed E-state index contributed by atoms with van der Waals surface area (Å²) in [6.07, 6.45) is 0. The first kappa shape index (κ1) is 30.4. The number of fused-ring (bicyclic) bond motifs is 6. The van der Waals surface area contributed by atoms with Crippen LogP contribution in [0.4, 0.5) is 0 Å². The molecule has 0 N–H and O–H groups in total. The Kier molecular flexibility index (Phi) is 7.09. The molecule has 0 saturated heterocycles. The molecule has 52 heavy (non-hydrogen) atoms. The van der Waals surface area contributed by atoms with E-state index in [1.54, 1.807) is 0 Å². The van der Waals surface area contributed by atoms with Crippen molar-refractivity contribution in [3.63, 3.8) is 0 Å². The van der Waals surface area contributed by atoms with Gasteiger partial charge in [0.2, 0.25) is 0 Å². The average Bonchev–Trinajstić information content (AvgIpc) is 3.74. The summed E-state index contributed by atoms with van der Waals surface area (Å²) in [4.78, 5) is 0. The van der Waals surface area contributed by atoms with E-state index in [0.717, 1.165) is 5.69 Å². The van der Waals surface area contributed by atoms with E-state index in [9.17, 15) is 0 Å². The van der Waals surface area contributed by atoms with E-state index in [1.165, 1.54) is 76.0 Å². The SMILES string of the molecule is C[Si](c1ccccc1)(c1ccccc1)c1ccccc1-c1cccc(-n2c3ccccc3c3cc(-n4c5ccccc5c5ccccc54)ccc32)c1. The maximum Gasteiger partial charge on any atom is 0.146 e. The molecule has 0 atom stereocenters. The molecule has 0 aliphatic rings. The third-order valence-corrected chi connectivity index (χ3v) is 15.6. The van der Waals surface area contributed by atoms with Gasteiger partial charge in [-0.25, -0.2) is 0 Å². The molecule has 0 unspecified atom stereocenters. The van der Waals surface area contributed by atoms with Gasteiger partial charge in [0, 0.05) is 32.9 Å². The van der Waals surface area contributed by atoms with Crippen LogP contribution in [0.15, 0.2) is 200 Å². The van der Waals surface area contributed by atoms with E-state index < -0.39 is 8.07 Å². The average molecular weight is 681 g/mol. The largest absolute Gasteiger partial charge is 0.309 e. The topological polar surface area (TPSA) is 9.86 Å². The fourth-order valence-corrected chi connectivity index (χ4v) is 12.5. The van der Waals surface area contributed by atoms with Gasteiger partial charge in [0.1, 0.15) is 8.07 Å². The molecule has 0 radical (unpaired) electrons. The Bertz CT molecular complexity index is 2820. The van der Waals surface area contributed by atoms with Crippen molar-refractivity contribution in [3.8, 4) is 22.5 Å². The van der Waals surface area contributed by atoms with Crippen LogP contribution in [0.3, 0.4) is 0 Å². The summed E-state index contributed by atoms with van der Waals surface area (Å²) in [7, 11) is -2.36. The van der Waals surface area contributed by atoms with Crippen molar-refractivity contribution in [2.75, 3.05) is 0 Å². The van der Waals surface area contributed by atoms with Gasteiger partial charge < -0.3 is 9.13 Å². The highest BCUT2D eigenvalue weighted by Crippen LogP contribution is 2.37. The molecule has 0 spiro atoms. The first-order valence-corrected chi connectivity index (χ1v) is 20.5. The zero-order valence-corrected chi connectivity index (χ0v) is 29.9. The molecule has 2 aromatic heterocycles. The van der Waals surface area contributed by atoms with Crippen molar-refractivity contribution >= 4 is 67.2 Å². The first-order valence-electron chi connectivity index (χ1n) is 18.0. The highest BCUT2D eigenvalue weighted by atomic mass is 28.3. The molecule has 8 aromatic carbocycles. The van der Waals surface area contributed by atoms with Gasteiger partial charge in [0.25, 0.3) is 0 Å². The Balaban J connectivity index is 1.16. The van der Waals surface area contributed by atoms with Gasteiger partial charge in [-0.2, -0.15) is 0 Å². The quantitative estimate of drug-likeness (QED) is 0.122. The maximum atomic E-state index is 2.50. The number of benzene rings is 8. The first-order chi connectivity index (χ1) is 25.7. The minimum absolute atomic E-state index is 1.16. The summed E-state index contributed by atoms with van der Waals surface area (Å²) < 4.78 is 4.85. The van der Waals surface area contributed by atoms with E-state index in [2.05, 4.69) is 216 Å². The van der Waals surface area contributed by atoms with Gasteiger partial charge in [-0.3, -0.25) is 0 Å². The minimum atomic E-state index is -2.36. The minimum Gasteiger partial charge on any atom is -0.309 e. The Morgan fingerprint density at radius 2 is 0.808 bits per heavy atom. The van der Waals surface area contributed by atoms with Crippen LogP contribution in [-0.4, -0.2) is 17.2 Å². The Hall–Kier alpha value is -6.42. The van der Waals surface area contributed by atoms with E-state index in [0.29, 0.717) is 0 Å². The molecule has 0 fully saturated rings. The molecule has 10 aromatic rings. The van der Waals surface area contributed by atoms with Crippen LogP contribution in [0.25, 0.3) is 66.1 Å². The van der Waals surface area contributed by atoms with Crippen LogP contribution in [0.1, 0.15) is 0 Å².